The third kappa shape index (κ3) is 2.10. The van der Waals surface area contributed by atoms with Crippen LogP contribution in [0, 0.1) is 0 Å². The molecule has 1 rings (SSSR count). The quantitative estimate of drug-likeness (QED) is 0.662. The highest BCUT2D eigenvalue weighted by atomic mass is 35.5. The summed E-state index contributed by atoms with van der Waals surface area (Å²) in [4.78, 5) is 0. The van der Waals surface area contributed by atoms with Crippen molar-refractivity contribution in [2.45, 2.75) is 6.42 Å². The zero-order valence-electron chi connectivity index (χ0n) is 6.05. The Bertz CT molecular complexity index is 250. The number of hydrogen-bond donors (Lipinski definition) is 2. The number of rotatable bonds is 2. The molecule has 0 aromatic heterocycles. The maximum Gasteiger partial charge on any atom is 0.0472 e. The third-order valence-electron chi connectivity index (χ3n) is 1.49. The van der Waals surface area contributed by atoms with Crippen LogP contribution in [0.5, 0.6) is 0 Å². The number of nitrogens with two attached hydrogens (primary N) is 1. The van der Waals surface area contributed by atoms with Gasteiger partial charge in [0.2, 0.25) is 0 Å². The van der Waals surface area contributed by atoms with Crippen LogP contribution in [0.3, 0.4) is 0 Å². The van der Waals surface area contributed by atoms with Gasteiger partial charge < -0.3 is 10.8 Å². The number of aliphatic hydroxyl groups is 1. The van der Waals surface area contributed by atoms with Crippen molar-refractivity contribution in [3.05, 3.63) is 28.8 Å². The van der Waals surface area contributed by atoms with Crippen molar-refractivity contribution >= 4 is 17.3 Å². The van der Waals surface area contributed by atoms with Crippen molar-refractivity contribution in [3.8, 4) is 0 Å². The Morgan fingerprint density at radius 1 is 1.45 bits per heavy atom. The summed E-state index contributed by atoms with van der Waals surface area (Å²) < 4.78 is 0. The lowest BCUT2D eigenvalue weighted by molar-refractivity contribution is 0.300. The second-order valence-corrected chi connectivity index (χ2v) is 2.75. The minimum Gasteiger partial charge on any atom is -0.399 e. The molecule has 0 saturated carbocycles. The summed E-state index contributed by atoms with van der Waals surface area (Å²) in [7, 11) is 0. The van der Waals surface area contributed by atoms with Gasteiger partial charge in [0.15, 0.2) is 0 Å². The maximum absolute atomic E-state index is 8.64. The van der Waals surface area contributed by atoms with Crippen LogP contribution in [0.15, 0.2) is 18.2 Å². The van der Waals surface area contributed by atoms with Crippen molar-refractivity contribution in [2.24, 2.45) is 0 Å². The lowest BCUT2D eigenvalue weighted by Gasteiger charge is -2.02. The lowest BCUT2D eigenvalue weighted by Crippen LogP contribution is -1.96. The molecule has 0 spiro atoms. The lowest BCUT2D eigenvalue weighted by atomic mass is 10.1. The molecular weight excluding hydrogens is 162 g/mol. The molecule has 0 heterocycles. The Balaban J connectivity index is 2.93. The Labute approximate surface area is 70.6 Å². The number of halogens is 1. The Morgan fingerprint density at radius 2 is 2.18 bits per heavy atom. The molecule has 0 aliphatic heterocycles. The first-order chi connectivity index (χ1) is 5.24. The van der Waals surface area contributed by atoms with E-state index in [2.05, 4.69) is 0 Å². The molecule has 2 nitrogen and oxygen atoms in total. The Morgan fingerprint density at radius 3 is 2.82 bits per heavy atom. The fourth-order valence-electron chi connectivity index (χ4n) is 0.911. The number of aliphatic hydroxyl groups excluding tert-OH is 1. The van der Waals surface area contributed by atoms with Crippen LogP contribution in [0.1, 0.15) is 5.56 Å². The molecular formula is C8H10ClNO. The number of nitrogen functional groups attached to an aromatic ring is 1. The standard InChI is InChI=1S/C8H10ClNO/c9-7-1-2-8(10)6(5-7)3-4-11/h1-2,5,11H,3-4,10H2. The minimum atomic E-state index is 0.102. The third-order valence-corrected chi connectivity index (χ3v) is 1.72. The Hall–Kier alpha value is -0.730. The van der Waals surface area contributed by atoms with E-state index in [0.29, 0.717) is 17.1 Å². The molecule has 0 unspecified atom stereocenters. The van der Waals surface area contributed by atoms with Gasteiger partial charge in [-0.25, -0.2) is 0 Å². The van der Waals surface area contributed by atoms with Gasteiger partial charge >= 0.3 is 0 Å². The van der Waals surface area contributed by atoms with E-state index >= 15 is 0 Å². The van der Waals surface area contributed by atoms with Crippen molar-refractivity contribution in [3.63, 3.8) is 0 Å². The van der Waals surface area contributed by atoms with Crippen molar-refractivity contribution in [1.29, 1.82) is 0 Å². The summed E-state index contributed by atoms with van der Waals surface area (Å²) in [6.45, 7) is 0.102. The molecule has 60 valence electrons. The fourth-order valence-corrected chi connectivity index (χ4v) is 1.11. The molecule has 0 bridgehead atoms. The number of benzene rings is 1. The van der Waals surface area contributed by atoms with Crippen molar-refractivity contribution in [1.82, 2.24) is 0 Å². The van der Waals surface area contributed by atoms with E-state index in [0.717, 1.165) is 5.56 Å². The number of anilines is 1. The second-order valence-electron chi connectivity index (χ2n) is 2.32. The molecule has 1 aromatic rings. The summed E-state index contributed by atoms with van der Waals surface area (Å²) in [6.07, 6.45) is 0.562. The highest BCUT2D eigenvalue weighted by Gasteiger charge is 1.98. The van der Waals surface area contributed by atoms with E-state index in [4.69, 9.17) is 22.4 Å². The monoisotopic (exact) mass is 171 g/mol. The van der Waals surface area contributed by atoms with Gasteiger partial charge in [-0.3, -0.25) is 0 Å². The molecule has 0 aliphatic carbocycles. The summed E-state index contributed by atoms with van der Waals surface area (Å²) >= 11 is 5.72. The van der Waals surface area contributed by atoms with Gasteiger partial charge in [0, 0.05) is 17.3 Å². The van der Waals surface area contributed by atoms with E-state index in [1.807, 2.05) is 0 Å². The van der Waals surface area contributed by atoms with Gasteiger partial charge in [0.05, 0.1) is 0 Å². The average molecular weight is 172 g/mol. The predicted molar refractivity (Wildman–Crippen MR) is 46.7 cm³/mol. The second kappa shape index (κ2) is 3.60. The van der Waals surface area contributed by atoms with Crippen LogP contribution in [0.25, 0.3) is 0 Å². The largest absolute Gasteiger partial charge is 0.399 e. The van der Waals surface area contributed by atoms with Gasteiger partial charge in [0.1, 0.15) is 0 Å². The molecule has 3 heteroatoms. The molecule has 1 aromatic carbocycles. The highest BCUT2D eigenvalue weighted by molar-refractivity contribution is 6.30. The summed E-state index contributed by atoms with van der Waals surface area (Å²) in [5.74, 6) is 0. The highest BCUT2D eigenvalue weighted by Crippen LogP contribution is 2.17. The molecule has 0 amide bonds. The molecule has 0 fully saturated rings. The van der Waals surface area contributed by atoms with Crippen LogP contribution in [0.2, 0.25) is 5.02 Å². The maximum atomic E-state index is 8.64. The zero-order valence-corrected chi connectivity index (χ0v) is 6.80. The van der Waals surface area contributed by atoms with Crippen LogP contribution in [-0.4, -0.2) is 11.7 Å². The topological polar surface area (TPSA) is 46.2 Å². The first-order valence-electron chi connectivity index (χ1n) is 3.39. The van der Waals surface area contributed by atoms with Gasteiger partial charge in [-0.1, -0.05) is 11.6 Å². The predicted octanol–water partition coefficient (Wildman–Crippen LogP) is 1.46. The summed E-state index contributed by atoms with van der Waals surface area (Å²) in [5.41, 5.74) is 7.19. The zero-order chi connectivity index (χ0) is 8.27. The smallest absolute Gasteiger partial charge is 0.0472 e. The van der Waals surface area contributed by atoms with E-state index in [1.54, 1.807) is 18.2 Å². The molecule has 0 radical (unpaired) electrons. The van der Waals surface area contributed by atoms with Crippen molar-refractivity contribution in [2.75, 3.05) is 12.3 Å². The van der Waals surface area contributed by atoms with Crippen LogP contribution in [0.4, 0.5) is 5.69 Å². The van der Waals surface area contributed by atoms with Crippen molar-refractivity contribution < 1.29 is 5.11 Å². The molecule has 11 heavy (non-hydrogen) atoms. The first kappa shape index (κ1) is 8.37. The minimum absolute atomic E-state index is 0.102. The van der Waals surface area contributed by atoms with Gasteiger partial charge in [-0.15, -0.1) is 0 Å². The van der Waals surface area contributed by atoms with E-state index < -0.39 is 0 Å². The first-order valence-corrected chi connectivity index (χ1v) is 3.76. The summed E-state index contributed by atoms with van der Waals surface area (Å²) in [6, 6.07) is 5.25. The Kier molecular flexibility index (Phi) is 2.74. The number of hydrogen-bond acceptors (Lipinski definition) is 2. The molecule has 0 aliphatic rings. The fraction of sp³-hybridized carbons (Fsp3) is 0.250. The van der Waals surface area contributed by atoms with E-state index in [1.165, 1.54) is 0 Å². The molecule has 0 saturated heterocycles. The van der Waals surface area contributed by atoms with Crippen LogP contribution < -0.4 is 5.73 Å². The van der Waals surface area contributed by atoms with E-state index in [9.17, 15) is 0 Å². The average Bonchev–Trinajstić information content (AvgIpc) is 1.98. The van der Waals surface area contributed by atoms with Gasteiger partial charge in [0.25, 0.3) is 0 Å². The normalized spacial score (nSPS) is 10.0. The van der Waals surface area contributed by atoms with Gasteiger partial charge in [-0.05, 0) is 30.2 Å². The molecule has 0 atom stereocenters. The van der Waals surface area contributed by atoms with E-state index in [-0.39, 0.29) is 6.61 Å². The van der Waals surface area contributed by atoms with Crippen LogP contribution in [-0.2, 0) is 6.42 Å². The SMILES string of the molecule is Nc1ccc(Cl)cc1CCO. The summed E-state index contributed by atoms with van der Waals surface area (Å²) in [5, 5.41) is 9.29. The molecule has 3 N–H and O–H groups in total. The van der Waals surface area contributed by atoms with Gasteiger partial charge in [-0.2, -0.15) is 0 Å². The van der Waals surface area contributed by atoms with Crippen LogP contribution >= 0.6 is 11.6 Å².